The number of hydrogen-bond acceptors (Lipinski definition) is 3. The van der Waals surface area contributed by atoms with E-state index in [0.717, 1.165) is 11.4 Å². The number of carbonyl (C=O) groups is 1. The zero-order valence-corrected chi connectivity index (χ0v) is 11.8. The third kappa shape index (κ3) is 3.81. The molecule has 1 atom stereocenters. The molecular weight excluding hydrogens is 258 g/mol. The van der Waals surface area contributed by atoms with Crippen LogP contribution in [0.4, 0.5) is 16.2 Å². The molecule has 3 N–H and O–H groups in total. The Labute approximate surface area is 116 Å². The van der Waals surface area contributed by atoms with Gasteiger partial charge < -0.3 is 16.0 Å². The second kappa shape index (κ2) is 6.36. The summed E-state index contributed by atoms with van der Waals surface area (Å²) in [7, 11) is 1.92. The molecule has 2 rings (SSSR count). The molecule has 1 heterocycles. The SMILES string of the molecule is CNC(C)c1ccc(NC(=O)Nc2ccsc2)cc1. The fourth-order valence-electron chi connectivity index (χ4n) is 1.65. The van der Waals surface area contributed by atoms with Crippen LogP contribution in [0.1, 0.15) is 18.5 Å². The van der Waals surface area contributed by atoms with E-state index in [2.05, 4.69) is 22.9 Å². The molecule has 4 nitrogen and oxygen atoms in total. The molecular formula is C14H17N3OS. The minimum absolute atomic E-state index is 0.229. The summed E-state index contributed by atoms with van der Waals surface area (Å²) in [5, 5.41) is 12.5. The predicted octanol–water partition coefficient (Wildman–Crippen LogP) is 3.67. The second-order valence-corrected chi connectivity index (χ2v) is 5.00. The summed E-state index contributed by atoms with van der Waals surface area (Å²) in [6.45, 7) is 2.09. The first-order chi connectivity index (χ1) is 9.19. The monoisotopic (exact) mass is 275 g/mol. The first-order valence-corrected chi connectivity index (χ1v) is 7.01. The molecule has 0 spiro atoms. The Morgan fingerprint density at radius 2 is 1.79 bits per heavy atom. The van der Waals surface area contributed by atoms with Crippen LogP contribution in [0.2, 0.25) is 0 Å². The molecule has 0 radical (unpaired) electrons. The molecule has 5 heteroatoms. The van der Waals surface area contributed by atoms with E-state index >= 15 is 0 Å². The number of benzene rings is 1. The zero-order valence-electron chi connectivity index (χ0n) is 10.9. The molecule has 19 heavy (non-hydrogen) atoms. The summed E-state index contributed by atoms with van der Waals surface area (Å²) < 4.78 is 0. The van der Waals surface area contributed by atoms with Crippen molar-refractivity contribution in [1.82, 2.24) is 5.32 Å². The third-order valence-corrected chi connectivity index (χ3v) is 3.56. The third-order valence-electron chi connectivity index (χ3n) is 2.88. The zero-order chi connectivity index (χ0) is 13.7. The van der Waals surface area contributed by atoms with Gasteiger partial charge in [0.1, 0.15) is 0 Å². The van der Waals surface area contributed by atoms with Crippen LogP contribution in [0, 0.1) is 0 Å². The van der Waals surface area contributed by atoms with Gasteiger partial charge in [-0.2, -0.15) is 11.3 Å². The van der Waals surface area contributed by atoms with E-state index in [-0.39, 0.29) is 6.03 Å². The molecule has 0 aliphatic heterocycles. The highest BCUT2D eigenvalue weighted by Gasteiger charge is 2.05. The quantitative estimate of drug-likeness (QED) is 0.797. The van der Waals surface area contributed by atoms with Crippen molar-refractivity contribution in [2.24, 2.45) is 0 Å². The van der Waals surface area contributed by atoms with E-state index in [4.69, 9.17) is 0 Å². The Morgan fingerprint density at radius 3 is 2.37 bits per heavy atom. The average molecular weight is 275 g/mol. The second-order valence-electron chi connectivity index (χ2n) is 4.22. The van der Waals surface area contributed by atoms with Crippen molar-refractivity contribution in [1.29, 1.82) is 0 Å². The standard InChI is InChI=1S/C14H17N3OS/c1-10(15-2)11-3-5-12(6-4-11)16-14(18)17-13-7-8-19-9-13/h3-10,15H,1-2H3,(H2,16,17,18). The molecule has 100 valence electrons. The molecule has 2 amide bonds. The van der Waals surface area contributed by atoms with Crippen LogP contribution in [-0.2, 0) is 0 Å². The Morgan fingerprint density at radius 1 is 1.11 bits per heavy atom. The van der Waals surface area contributed by atoms with E-state index in [9.17, 15) is 4.79 Å². The van der Waals surface area contributed by atoms with Crippen molar-refractivity contribution >= 4 is 28.7 Å². The first-order valence-electron chi connectivity index (χ1n) is 6.06. The van der Waals surface area contributed by atoms with Gasteiger partial charge in [0, 0.05) is 17.1 Å². The number of nitrogens with one attached hydrogen (secondary N) is 3. The van der Waals surface area contributed by atoms with Gasteiger partial charge >= 0.3 is 6.03 Å². The van der Waals surface area contributed by atoms with Crippen molar-refractivity contribution in [2.45, 2.75) is 13.0 Å². The lowest BCUT2D eigenvalue weighted by Crippen LogP contribution is -2.19. The highest BCUT2D eigenvalue weighted by atomic mass is 32.1. The van der Waals surface area contributed by atoms with Crippen LogP contribution in [0.3, 0.4) is 0 Å². The van der Waals surface area contributed by atoms with E-state index in [1.54, 1.807) is 11.3 Å². The molecule has 0 saturated heterocycles. The molecule has 1 unspecified atom stereocenters. The number of urea groups is 1. The summed E-state index contributed by atoms with van der Waals surface area (Å²) in [6.07, 6.45) is 0. The minimum atomic E-state index is -0.229. The van der Waals surface area contributed by atoms with Crippen LogP contribution in [0.25, 0.3) is 0 Å². The highest BCUT2D eigenvalue weighted by molar-refractivity contribution is 7.08. The van der Waals surface area contributed by atoms with Gasteiger partial charge in [0.25, 0.3) is 0 Å². The molecule has 1 aromatic carbocycles. The lowest BCUT2D eigenvalue weighted by Gasteiger charge is -2.11. The fraction of sp³-hybridized carbons (Fsp3) is 0.214. The van der Waals surface area contributed by atoms with Crippen LogP contribution < -0.4 is 16.0 Å². The minimum Gasteiger partial charge on any atom is -0.313 e. The highest BCUT2D eigenvalue weighted by Crippen LogP contribution is 2.16. The van der Waals surface area contributed by atoms with Gasteiger partial charge in [-0.05, 0) is 43.1 Å². The van der Waals surface area contributed by atoms with E-state index in [0.29, 0.717) is 6.04 Å². The van der Waals surface area contributed by atoms with Crippen LogP contribution >= 0.6 is 11.3 Å². The Bertz CT molecular complexity index is 522. The van der Waals surface area contributed by atoms with Gasteiger partial charge in [-0.1, -0.05) is 12.1 Å². The van der Waals surface area contributed by atoms with Crippen molar-refractivity contribution in [3.63, 3.8) is 0 Å². The summed E-state index contributed by atoms with van der Waals surface area (Å²) in [5.41, 5.74) is 2.77. The number of rotatable bonds is 4. The lowest BCUT2D eigenvalue weighted by atomic mass is 10.1. The van der Waals surface area contributed by atoms with Gasteiger partial charge in [-0.25, -0.2) is 4.79 Å². The maximum atomic E-state index is 11.7. The van der Waals surface area contributed by atoms with Crippen LogP contribution in [0.5, 0.6) is 0 Å². The molecule has 0 saturated carbocycles. The van der Waals surface area contributed by atoms with Gasteiger partial charge in [-0.15, -0.1) is 0 Å². The Kier molecular flexibility index (Phi) is 4.54. The Hall–Kier alpha value is -1.85. The maximum absolute atomic E-state index is 11.7. The van der Waals surface area contributed by atoms with Gasteiger partial charge in [0.15, 0.2) is 0 Å². The van der Waals surface area contributed by atoms with E-state index < -0.39 is 0 Å². The average Bonchev–Trinajstić information content (AvgIpc) is 2.91. The molecule has 0 bridgehead atoms. The molecule has 2 aromatic rings. The molecule has 0 aliphatic rings. The van der Waals surface area contributed by atoms with Gasteiger partial charge in [0.05, 0.1) is 5.69 Å². The summed E-state index contributed by atoms with van der Waals surface area (Å²) >= 11 is 1.55. The number of anilines is 2. The van der Waals surface area contributed by atoms with Crippen LogP contribution in [-0.4, -0.2) is 13.1 Å². The van der Waals surface area contributed by atoms with Gasteiger partial charge in [-0.3, -0.25) is 0 Å². The fourth-order valence-corrected chi connectivity index (χ4v) is 2.24. The molecule has 0 fully saturated rings. The van der Waals surface area contributed by atoms with Crippen molar-refractivity contribution < 1.29 is 4.79 Å². The molecule has 1 aromatic heterocycles. The summed E-state index contributed by atoms with van der Waals surface area (Å²) in [4.78, 5) is 11.7. The number of carbonyl (C=O) groups excluding carboxylic acids is 1. The smallest absolute Gasteiger partial charge is 0.313 e. The summed E-state index contributed by atoms with van der Waals surface area (Å²) in [6, 6.07) is 9.73. The van der Waals surface area contributed by atoms with Crippen molar-refractivity contribution in [3.8, 4) is 0 Å². The van der Waals surface area contributed by atoms with Crippen molar-refractivity contribution in [3.05, 3.63) is 46.7 Å². The van der Waals surface area contributed by atoms with Gasteiger partial charge in [0.2, 0.25) is 0 Å². The summed E-state index contributed by atoms with van der Waals surface area (Å²) in [5.74, 6) is 0. The number of hydrogen-bond donors (Lipinski definition) is 3. The number of thiophene rings is 1. The number of amides is 2. The van der Waals surface area contributed by atoms with E-state index in [1.807, 2.05) is 48.1 Å². The molecule has 0 aliphatic carbocycles. The van der Waals surface area contributed by atoms with Crippen LogP contribution in [0.15, 0.2) is 41.1 Å². The largest absolute Gasteiger partial charge is 0.323 e. The van der Waals surface area contributed by atoms with Crippen molar-refractivity contribution in [2.75, 3.05) is 17.7 Å². The normalized spacial score (nSPS) is 11.9. The van der Waals surface area contributed by atoms with E-state index in [1.165, 1.54) is 5.56 Å². The predicted molar refractivity (Wildman–Crippen MR) is 80.9 cm³/mol. The first kappa shape index (κ1) is 13.6. The lowest BCUT2D eigenvalue weighted by molar-refractivity contribution is 0.262. The maximum Gasteiger partial charge on any atom is 0.323 e. The Balaban J connectivity index is 1.94. The topological polar surface area (TPSA) is 53.2 Å².